The Morgan fingerprint density at radius 3 is 2.30 bits per heavy atom. The van der Waals surface area contributed by atoms with Gasteiger partial charge in [-0.3, -0.25) is 9.69 Å². The van der Waals surface area contributed by atoms with Gasteiger partial charge in [-0.1, -0.05) is 59.1 Å². The highest BCUT2D eigenvalue weighted by molar-refractivity contribution is 7.89. The lowest BCUT2D eigenvalue weighted by atomic mass is 10.1. The van der Waals surface area contributed by atoms with Crippen LogP contribution in [-0.2, 0) is 37.4 Å². The summed E-state index contributed by atoms with van der Waals surface area (Å²) in [4.78, 5) is 27.9. The van der Waals surface area contributed by atoms with Gasteiger partial charge >= 0.3 is 5.97 Å². The fourth-order valence-corrected chi connectivity index (χ4v) is 6.56. The van der Waals surface area contributed by atoms with E-state index >= 15 is 0 Å². The van der Waals surface area contributed by atoms with Gasteiger partial charge in [-0.2, -0.15) is 4.31 Å². The average Bonchev–Trinajstić information content (AvgIpc) is 3.54. The first-order chi connectivity index (χ1) is 21.0. The minimum atomic E-state index is -3.93. The Morgan fingerprint density at radius 2 is 1.64 bits per heavy atom. The van der Waals surface area contributed by atoms with Crippen molar-refractivity contribution in [3.8, 4) is 0 Å². The number of allylic oxidation sites excluding steroid dienone is 1. The molecule has 44 heavy (non-hydrogen) atoms. The Morgan fingerprint density at radius 1 is 0.932 bits per heavy atom. The molecule has 0 N–H and O–H groups in total. The van der Waals surface area contributed by atoms with Crippen LogP contribution in [-0.4, -0.2) is 31.7 Å². The summed E-state index contributed by atoms with van der Waals surface area (Å²) in [6.07, 6.45) is 1.45. The lowest BCUT2D eigenvalue weighted by molar-refractivity contribution is -0.136. The first-order valence-electron chi connectivity index (χ1n) is 13.5. The van der Waals surface area contributed by atoms with Crippen LogP contribution in [0.3, 0.4) is 0 Å². The highest BCUT2D eigenvalue weighted by Crippen LogP contribution is 2.36. The van der Waals surface area contributed by atoms with E-state index in [-0.39, 0.29) is 34.9 Å². The van der Waals surface area contributed by atoms with Crippen LogP contribution >= 0.6 is 23.2 Å². The number of nitrogens with zero attached hydrogens (tertiary/aromatic N) is 2. The largest absolute Gasteiger partial charge is 0.465 e. The van der Waals surface area contributed by atoms with Crippen molar-refractivity contribution in [2.45, 2.75) is 31.8 Å². The van der Waals surface area contributed by atoms with E-state index in [1.54, 1.807) is 91.9 Å². The van der Waals surface area contributed by atoms with Gasteiger partial charge in [0.1, 0.15) is 11.5 Å². The van der Waals surface area contributed by atoms with Gasteiger partial charge in [0.25, 0.3) is 5.91 Å². The van der Waals surface area contributed by atoms with Gasteiger partial charge in [0, 0.05) is 22.3 Å². The van der Waals surface area contributed by atoms with Crippen molar-refractivity contribution in [1.29, 1.82) is 0 Å². The van der Waals surface area contributed by atoms with E-state index in [0.717, 1.165) is 11.1 Å². The average molecular weight is 652 g/mol. The molecule has 0 fully saturated rings. The molecule has 0 saturated carbocycles. The Balaban J connectivity index is 1.48. The van der Waals surface area contributed by atoms with Gasteiger partial charge in [0.15, 0.2) is 0 Å². The SMILES string of the molecule is COC(=O)C1=C(C)N(c2cccc(Cl)c2)C(=O)/C1=C/c1ccc(CN(Cc2ccc(Cl)cc2)S(=O)(=O)c2ccc(C)cc2)o1. The minimum absolute atomic E-state index is 0.0615. The second-order valence-electron chi connectivity index (χ2n) is 10.1. The zero-order valence-corrected chi connectivity index (χ0v) is 26.4. The van der Waals surface area contributed by atoms with Crippen LogP contribution in [0.5, 0.6) is 0 Å². The molecule has 5 rings (SSSR count). The molecule has 1 amide bonds. The molecule has 1 aromatic heterocycles. The van der Waals surface area contributed by atoms with E-state index in [1.807, 2.05) is 6.92 Å². The summed E-state index contributed by atoms with van der Waals surface area (Å²) in [7, 11) is -2.70. The number of aryl methyl sites for hydroxylation is 1. The highest BCUT2D eigenvalue weighted by atomic mass is 35.5. The summed E-state index contributed by atoms with van der Waals surface area (Å²) >= 11 is 12.2. The molecule has 0 spiro atoms. The number of esters is 1. The van der Waals surface area contributed by atoms with Gasteiger partial charge in [-0.15, -0.1) is 0 Å². The molecule has 0 radical (unpaired) electrons. The number of anilines is 1. The van der Waals surface area contributed by atoms with E-state index in [4.69, 9.17) is 32.4 Å². The zero-order valence-electron chi connectivity index (χ0n) is 24.1. The van der Waals surface area contributed by atoms with Crippen molar-refractivity contribution in [1.82, 2.24) is 4.31 Å². The molecule has 4 aromatic rings. The minimum Gasteiger partial charge on any atom is -0.465 e. The summed E-state index contributed by atoms with van der Waals surface area (Å²) in [5.41, 5.74) is 2.69. The molecular weight excluding hydrogens is 623 g/mol. The second-order valence-corrected chi connectivity index (χ2v) is 13.0. The number of rotatable bonds is 9. The predicted octanol–water partition coefficient (Wildman–Crippen LogP) is 7.16. The molecule has 226 valence electrons. The Kier molecular flexibility index (Phi) is 9.12. The lowest BCUT2D eigenvalue weighted by Gasteiger charge is -2.21. The third-order valence-electron chi connectivity index (χ3n) is 7.09. The normalized spacial score (nSPS) is 14.6. The standard InChI is InChI=1S/C33H28Cl2N2O6S/c1-21-7-15-29(16-8-21)44(40,41)36(19-23-9-11-24(34)12-10-23)20-28-14-13-27(43-28)18-30-31(33(39)42-3)22(2)37(32(30)38)26-6-4-5-25(35)17-26/h4-18H,19-20H2,1-3H3/b30-18+. The molecule has 8 nitrogen and oxygen atoms in total. The molecule has 3 aromatic carbocycles. The zero-order chi connectivity index (χ0) is 31.6. The molecule has 2 heterocycles. The highest BCUT2D eigenvalue weighted by Gasteiger charge is 2.38. The molecule has 1 aliphatic rings. The van der Waals surface area contributed by atoms with Crippen LogP contribution in [0.2, 0.25) is 10.0 Å². The maximum atomic E-state index is 13.8. The van der Waals surface area contributed by atoms with Gasteiger partial charge in [0.2, 0.25) is 10.0 Å². The van der Waals surface area contributed by atoms with E-state index in [9.17, 15) is 18.0 Å². The summed E-state index contributed by atoms with van der Waals surface area (Å²) in [6.45, 7) is 3.49. The van der Waals surface area contributed by atoms with E-state index in [2.05, 4.69) is 0 Å². The molecule has 11 heteroatoms. The van der Waals surface area contributed by atoms with Crippen molar-refractivity contribution >= 4 is 56.9 Å². The van der Waals surface area contributed by atoms with Crippen molar-refractivity contribution in [2.75, 3.05) is 12.0 Å². The molecule has 0 atom stereocenters. The van der Waals surface area contributed by atoms with Gasteiger partial charge in [0.05, 0.1) is 35.4 Å². The Labute approximate surface area is 265 Å². The number of ether oxygens (including phenoxy) is 1. The van der Waals surface area contributed by atoms with E-state index in [1.165, 1.54) is 22.4 Å². The quantitative estimate of drug-likeness (QED) is 0.141. The summed E-state index contributed by atoms with van der Waals surface area (Å²) in [6, 6.07) is 23.5. The Bertz CT molecular complexity index is 1890. The fourth-order valence-electron chi connectivity index (χ4n) is 4.86. The number of amides is 1. The third-order valence-corrected chi connectivity index (χ3v) is 9.38. The summed E-state index contributed by atoms with van der Waals surface area (Å²) < 4.78 is 39.8. The molecule has 0 aliphatic carbocycles. The number of benzene rings is 3. The van der Waals surface area contributed by atoms with E-state index in [0.29, 0.717) is 27.2 Å². The van der Waals surface area contributed by atoms with Gasteiger partial charge < -0.3 is 9.15 Å². The van der Waals surface area contributed by atoms with Crippen molar-refractivity contribution in [3.63, 3.8) is 0 Å². The van der Waals surface area contributed by atoms with Gasteiger partial charge in [-0.25, -0.2) is 13.2 Å². The number of methoxy groups -OCH3 is 1. The lowest BCUT2D eigenvalue weighted by Crippen LogP contribution is -2.30. The Hall–Kier alpha value is -4.15. The number of halogens is 2. The van der Waals surface area contributed by atoms with Crippen molar-refractivity contribution in [3.05, 3.63) is 134 Å². The molecular formula is C33H28Cl2N2O6S. The first kappa shape index (κ1) is 31.3. The number of sulfonamides is 1. The number of hydrogen-bond acceptors (Lipinski definition) is 6. The maximum Gasteiger partial charge on any atom is 0.340 e. The van der Waals surface area contributed by atoms with Crippen LogP contribution in [0.1, 0.15) is 29.6 Å². The van der Waals surface area contributed by atoms with Crippen LogP contribution in [0.15, 0.2) is 111 Å². The van der Waals surface area contributed by atoms with Crippen molar-refractivity contribution in [2.24, 2.45) is 0 Å². The first-order valence-corrected chi connectivity index (χ1v) is 15.7. The van der Waals surface area contributed by atoms with Crippen LogP contribution in [0.25, 0.3) is 6.08 Å². The third kappa shape index (κ3) is 6.51. The molecule has 1 aliphatic heterocycles. The predicted molar refractivity (Wildman–Crippen MR) is 169 cm³/mol. The van der Waals surface area contributed by atoms with Crippen molar-refractivity contribution < 1.29 is 27.2 Å². The van der Waals surface area contributed by atoms with Crippen LogP contribution in [0, 0.1) is 6.92 Å². The smallest absolute Gasteiger partial charge is 0.340 e. The van der Waals surface area contributed by atoms with Crippen LogP contribution in [0.4, 0.5) is 5.69 Å². The van der Waals surface area contributed by atoms with Gasteiger partial charge in [-0.05, 0) is 80.1 Å². The molecule has 0 saturated heterocycles. The summed E-state index contributed by atoms with van der Waals surface area (Å²) in [5, 5.41) is 0.968. The second kappa shape index (κ2) is 12.8. The van der Waals surface area contributed by atoms with E-state index < -0.39 is 21.9 Å². The molecule has 0 bridgehead atoms. The number of furan rings is 1. The topological polar surface area (TPSA) is 97.1 Å². The number of carbonyl (C=O) groups is 2. The maximum absolute atomic E-state index is 13.8. The summed E-state index contributed by atoms with van der Waals surface area (Å²) in [5.74, 6) is -0.560. The fraction of sp³-hybridized carbons (Fsp3) is 0.152. The number of hydrogen-bond donors (Lipinski definition) is 0. The van der Waals surface area contributed by atoms with Crippen LogP contribution < -0.4 is 4.90 Å². The number of carbonyl (C=O) groups excluding carboxylic acids is 2. The molecule has 0 unspecified atom stereocenters. The monoisotopic (exact) mass is 650 g/mol.